The molecule has 2 nitrogen and oxygen atoms in total. The summed E-state index contributed by atoms with van der Waals surface area (Å²) in [6, 6.07) is 93.8. The average molecular weight is 842 g/mol. The maximum Gasteiger partial charge on any atom is 0.145 e. The summed E-state index contributed by atoms with van der Waals surface area (Å²) < 4.78 is 6.80. The summed E-state index contributed by atoms with van der Waals surface area (Å²) >= 11 is 0. The number of benzene rings is 11. The molecule has 0 unspecified atom stereocenters. The highest BCUT2D eigenvalue weighted by Gasteiger charge is 2.23. The first-order valence-electron chi connectivity index (χ1n) is 22.6. The SMILES string of the molecule is c1ccc(-c2cccc(-c3ccccc3-c3ccc(N(c4ccc(-c5ccc6ccccc6c5)cc4)c4ccc(-c5ccccc5)c5oc6ccccc6c45)cc3)c2-c2ccccc2)cc1. The third-order valence-electron chi connectivity index (χ3n) is 12.9. The van der Waals surface area contributed by atoms with E-state index in [4.69, 9.17) is 4.42 Å². The first-order valence-corrected chi connectivity index (χ1v) is 22.6. The molecule has 2 heteroatoms. The van der Waals surface area contributed by atoms with Gasteiger partial charge in [-0.25, -0.2) is 0 Å². The molecule has 0 aliphatic heterocycles. The van der Waals surface area contributed by atoms with Crippen molar-refractivity contribution in [3.8, 4) is 66.8 Å². The number of hydrogen-bond acceptors (Lipinski definition) is 2. The second kappa shape index (κ2) is 16.8. The summed E-state index contributed by atoms with van der Waals surface area (Å²) in [5, 5.41) is 4.63. The Morgan fingerprint density at radius 2 is 0.803 bits per heavy atom. The van der Waals surface area contributed by atoms with Crippen molar-refractivity contribution in [2.24, 2.45) is 0 Å². The minimum Gasteiger partial charge on any atom is -0.455 e. The summed E-state index contributed by atoms with van der Waals surface area (Å²) in [4.78, 5) is 2.38. The molecule has 1 heterocycles. The number of hydrogen-bond donors (Lipinski definition) is 0. The van der Waals surface area contributed by atoms with Crippen LogP contribution in [0.4, 0.5) is 17.1 Å². The molecular weight excluding hydrogens is 799 g/mol. The monoisotopic (exact) mass is 841 g/mol. The van der Waals surface area contributed by atoms with Gasteiger partial charge in [-0.3, -0.25) is 0 Å². The Balaban J connectivity index is 1.01. The molecule has 0 saturated heterocycles. The number of anilines is 3. The largest absolute Gasteiger partial charge is 0.455 e. The van der Waals surface area contributed by atoms with Crippen molar-refractivity contribution in [3.63, 3.8) is 0 Å². The molecule has 12 aromatic rings. The van der Waals surface area contributed by atoms with Gasteiger partial charge in [0.2, 0.25) is 0 Å². The Labute approximate surface area is 384 Å². The first-order chi connectivity index (χ1) is 32.7. The lowest BCUT2D eigenvalue weighted by atomic mass is 9.85. The van der Waals surface area contributed by atoms with E-state index in [0.717, 1.165) is 55.7 Å². The third-order valence-corrected chi connectivity index (χ3v) is 12.9. The molecule has 0 aliphatic carbocycles. The fourth-order valence-electron chi connectivity index (χ4n) is 9.75. The summed E-state index contributed by atoms with van der Waals surface area (Å²) in [5.74, 6) is 0. The average Bonchev–Trinajstić information content (AvgIpc) is 3.80. The molecule has 11 aromatic carbocycles. The lowest BCUT2D eigenvalue weighted by molar-refractivity contribution is 0.670. The van der Waals surface area contributed by atoms with Gasteiger partial charge in [0, 0.05) is 22.3 Å². The van der Waals surface area contributed by atoms with Crippen molar-refractivity contribution in [1.29, 1.82) is 0 Å². The normalized spacial score (nSPS) is 11.3. The molecule has 0 bridgehead atoms. The predicted octanol–water partition coefficient (Wildman–Crippen LogP) is 18.2. The molecule has 0 N–H and O–H groups in total. The Morgan fingerprint density at radius 1 is 0.288 bits per heavy atom. The Kier molecular flexibility index (Phi) is 9.89. The van der Waals surface area contributed by atoms with Crippen LogP contribution in [0.15, 0.2) is 265 Å². The number of fused-ring (bicyclic) bond motifs is 4. The second-order valence-electron chi connectivity index (χ2n) is 16.8. The smallest absolute Gasteiger partial charge is 0.145 e. The van der Waals surface area contributed by atoms with Crippen LogP contribution in [-0.4, -0.2) is 0 Å². The van der Waals surface area contributed by atoms with Crippen molar-refractivity contribution in [3.05, 3.63) is 261 Å². The third kappa shape index (κ3) is 7.02. The minimum atomic E-state index is 0.863. The molecule has 1 aromatic heterocycles. The van der Waals surface area contributed by atoms with E-state index in [1.165, 1.54) is 60.8 Å². The van der Waals surface area contributed by atoms with Gasteiger partial charge in [0.05, 0.1) is 11.1 Å². The van der Waals surface area contributed by atoms with E-state index in [1.807, 2.05) is 6.07 Å². The van der Waals surface area contributed by atoms with Gasteiger partial charge in [-0.2, -0.15) is 0 Å². The highest BCUT2D eigenvalue weighted by atomic mass is 16.3. The van der Waals surface area contributed by atoms with Crippen LogP contribution < -0.4 is 4.90 Å². The molecule has 0 atom stereocenters. The second-order valence-corrected chi connectivity index (χ2v) is 16.8. The van der Waals surface area contributed by atoms with E-state index in [-0.39, 0.29) is 0 Å². The highest BCUT2D eigenvalue weighted by Crippen LogP contribution is 2.48. The number of furan rings is 1. The maximum absolute atomic E-state index is 6.80. The zero-order valence-corrected chi connectivity index (χ0v) is 36.2. The Hall–Kier alpha value is -8.72. The molecule has 0 saturated carbocycles. The summed E-state index contributed by atoms with van der Waals surface area (Å²) in [6.45, 7) is 0. The molecule has 66 heavy (non-hydrogen) atoms. The van der Waals surface area contributed by atoms with Crippen molar-refractivity contribution >= 4 is 49.8 Å². The van der Waals surface area contributed by atoms with Gasteiger partial charge in [0.1, 0.15) is 11.2 Å². The number of nitrogens with zero attached hydrogens (tertiary/aromatic N) is 1. The van der Waals surface area contributed by atoms with Gasteiger partial charge in [-0.15, -0.1) is 0 Å². The Morgan fingerprint density at radius 3 is 1.52 bits per heavy atom. The molecule has 0 aliphatic rings. The van der Waals surface area contributed by atoms with Gasteiger partial charge in [0.15, 0.2) is 0 Å². The van der Waals surface area contributed by atoms with E-state index in [9.17, 15) is 0 Å². The number of rotatable bonds is 9. The molecule has 0 fully saturated rings. The molecule has 12 rings (SSSR count). The summed E-state index contributed by atoms with van der Waals surface area (Å²) in [6.07, 6.45) is 0. The first kappa shape index (κ1) is 38.9. The van der Waals surface area contributed by atoms with Crippen LogP contribution in [0, 0.1) is 0 Å². The van der Waals surface area contributed by atoms with E-state index >= 15 is 0 Å². The zero-order chi connectivity index (χ0) is 43.8. The quantitative estimate of drug-likeness (QED) is 0.144. The van der Waals surface area contributed by atoms with Gasteiger partial charge in [-0.1, -0.05) is 212 Å². The van der Waals surface area contributed by atoms with E-state index in [1.54, 1.807) is 0 Å². The van der Waals surface area contributed by atoms with Crippen LogP contribution in [0.5, 0.6) is 0 Å². The Bertz CT molecular complexity index is 3670. The summed E-state index contributed by atoms with van der Waals surface area (Å²) in [5.41, 5.74) is 18.9. The molecule has 0 radical (unpaired) electrons. The molecule has 0 amide bonds. The lowest BCUT2D eigenvalue weighted by Gasteiger charge is -2.27. The predicted molar refractivity (Wildman–Crippen MR) is 279 cm³/mol. The van der Waals surface area contributed by atoms with Gasteiger partial charge in [-0.05, 0) is 121 Å². The van der Waals surface area contributed by atoms with Crippen molar-refractivity contribution in [2.45, 2.75) is 0 Å². The summed E-state index contributed by atoms with van der Waals surface area (Å²) in [7, 11) is 0. The highest BCUT2D eigenvalue weighted by molar-refractivity contribution is 6.17. The maximum atomic E-state index is 6.80. The number of para-hydroxylation sites is 1. The zero-order valence-electron chi connectivity index (χ0n) is 36.2. The standard InChI is InChI=1S/C64H43NO/c1-4-18-46(19-5-1)55-28-16-29-58(62(55)49-22-8-3-9-23-49)57-26-13-12-25-54(57)48-35-39-53(40-36-48)65(52-37-33-45(34-38-52)51-32-31-44-17-10-11-24-50(44)43-51)60-42-41-56(47-20-6-2-7-21-47)64-63(60)59-27-14-15-30-61(59)66-64/h1-43H. The van der Waals surface area contributed by atoms with E-state index in [0.29, 0.717) is 0 Å². The van der Waals surface area contributed by atoms with Crippen LogP contribution in [0.1, 0.15) is 0 Å². The molecule has 310 valence electrons. The minimum absolute atomic E-state index is 0.863. The topological polar surface area (TPSA) is 16.4 Å². The fraction of sp³-hybridized carbons (Fsp3) is 0. The van der Waals surface area contributed by atoms with Gasteiger partial charge < -0.3 is 9.32 Å². The van der Waals surface area contributed by atoms with Gasteiger partial charge in [0.25, 0.3) is 0 Å². The lowest BCUT2D eigenvalue weighted by Crippen LogP contribution is -2.10. The van der Waals surface area contributed by atoms with Crippen LogP contribution in [0.2, 0.25) is 0 Å². The van der Waals surface area contributed by atoms with Crippen molar-refractivity contribution in [1.82, 2.24) is 0 Å². The fourth-order valence-corrected chi connectivity index (χ4v) is 9.75. The van der Waals surface area contributed by atoms with Crippen molar-refractivity contribution in [2.75, 3.05) is 4.90 Å². The van der Waals surface area contributed by atoms with E-state index in [2.05, 4.69) is 260 Å². The van der Waals surface area contributed by atoms with Crippen LogP contribution in [-0.2, 0) is 0 Å². The van der Waals surface area contributed by atoms with E-state index < -0.39 is 0 Å². The van der Waals surface area contributed by atoms with Crippen LogP contribution >= 0.6 is 0 Å². The van der Waals surface area contributed by atoms with Gasteiger partial charge >= 0.3 is 0 Å². The molecular formula is C64H43NO. The van der Waals surface area contributed by atoms with Crippen LogP contribution in [0.3, 0.4) is 0 Å². The van der Waals surface area contributed by atoms with Crippen LogP contribution in [0.25, 0.3) is 99.5 Å². The van der Waals surface area contributed by atoms with Crippen molar-refractivity contribution < 1.29 is 4.42 Å². The molecule has 0 spiro atoms.